The summed E-state index contributed by atoms with van der Waals surface area (Å²) in [7, 11) is 0. The summed E-state index contributed by atoms with van der Waals surface area (Å²) in [6.45, 7) is 7.06. The van der Waals surface area contributed by atoms with Crippen LogP contribution in [0.15, 0.2) is 66.7 Å². The van der Waals surface area contributed by atoms with Crippen molar-refractivity contribution in [3.63, 3.8) is 0 Å². The fourth-order valence-electron chi connectivity index (χ4n) is 5.15. The molecule has 0 spiro atoms. The molecule has 1 saturated carbocycles. The first-order valence-electron chi connectivity index (χ1n) is 14.4. The zero-order valence-corrected chi connectivity index (χ0v) is 24.7. The summed E-state index contributed by atoms with van der Waals surface area (Å²) in [5, 5.41) is 7.71. The van der Waals surface area contributed by atoms with Crippen molar-refractivity contribution in [3.8, 4) is 0 Å². The second-order valence-electron chi connectivity index (χ2n) is 11.8. The minimum absolute atomic E-state index is 0.0244. The number of nitrogens with two attached hydrogens (primary N) is 1. The largest absolute Gasteiger partial charge is 0.444 e. The van der Waals surface area contributed by atoms with E-state index in [9.17, 15) is 19.2 Å². The van der Waals surface area contributed by atoms with Crippen LogP contribution in [0.2, 0.25) is 0 Å². The summed E-state index contributed by atoms with van der Waals surface area (Å²) in [4.78, 5) is 54.6. The van der Waals surface area contributed by atoms with Crippen molar-refractivity contribution < 1.29 is 23.9 Å². The van der Waals surface area contributed by atoms with E-state index in [0.717, 1.165) is 22.8 Å². The van der Waals surface area contributed by atoms with Gasteiger partial charge in [-0.15, -0.1) is 0 Å². The smallest absolute Gasteiger partial charge is 0.408 e. The molecule has 222 valence electrons. The maximum absolute atomic E-state index is 14.4. The van der Waals surface area contributed by atoms with E-state index in [-0.39, 0.29) is 24.8 Å². The van der Waals surface area contributed by atoms with Gasteiger partial charge in [-0.05, 0) is 87.4 Å². The maximum Gasteiger partial charge on any atom is 0.408 e. The van der Waals surface area contributed by atoms with E-state index in [1.54, 1.807) is 25.7 Å². The highest BCUT2D eigenvalue weighted by Gasteiger charge is 2.42. The summed E-state index contributed by atoms with van der Waals surface area (Å²) < 4.78 is 5.42. The summed E-state index contributed by atoms with van der Waals surface area (Å²) in [5.41, 5.74) is 6.76. The van der Waals surface area contributed by atoms with E-state index in [1.165, 1.54) is 0 Å². The predicted molar refractivity (Wildman–Crippen MR) is 163 cm³/mol. The van der Waals surface area contributed by atoms with Gasteiger partial charge in [0.2, 0.25) is 11.8 Å². The van der Waals surface area contributed by atoms with Crippen LogP contribution < -0.4 is 16.4 Å². The normalized spacial score (nSPS) is 14.8. The molecule has 0 aliphatic heterocycles. The summed E-state index contributed by atoms with van der Waals surface area (Å²) in [6, 6.07) is 18.7. The number of rotatable bonds is 10. The lowest BCUT2D eigenvalue weighted by molar-refractivity contribution is -0.146. The Hall–Kier alpha value is -4.40. The number of hydrogen-bond donors (Lipinski definition) is 3. The van der Waals surface area contributed by atoms with Gasteiger partial charge >= 0.3 is 6.09 Å². The highest BCUT2D eigenvalue weighted by molar-refractivity contribution is 6.00. The van der Waals surface area contributed by atoms with Gasteiger partial charge in [-0.2, -0.15) is 0 Å². The Morgan fingerprint density at radius 1 is 0.976 bits per heavy atom. The number of nitrogens with zero attached hydrogens (tertiary/aromatic N) is 1. The molecule has 0 bridgehead atoms. The van der Waals surface area contributed by atoms with Gasteiger partial charge in [0.05, 0.1) is 0 Å². The van der Waals surface area contributed by atoms with Crippen LogP contribution >= 0.6 is 0 Å². The molecule has 42 heavy (non-hydrogen) atoms. The van der Waals surface area contributed by atoms with Crippen molar-refractivity contribution in [2.24, 2.45) is 5.73 Å². The molecule has 3 aromatic carbocycles. The molecule has 4 rings (SSSR count). The molecule has 2 atom stereocenters. The van der Waals surface area contributed by atoms with Crippen molar-refractivity contribution in [2.45, 2.75) is 83.5 Å². The lowest BCUT2D eigenvalue weighted by Crippen LogP contribution is -2.57. The number of carbonyl (C=O) groups is 4. The van der Waals surface area contributed by atoms with E-state index in [1.807, 2.05) is 73.7 Å². The number of amides is 4. The van der Waals surface area contributed by atoms with E-state index >= 15 is 0 Å². The molecule has 0 heterocycles. The Labute approximate surface area is 246 Å². The standard InChI is InChI=1S/C33H40N4O5/c1-21-10-5-8-15-26(21)29(30(39)35-24-17-16-22-11-6-7-12-23(22)20-24)37(25-13-9-14-25)31(40)27(18-19-28(34)38)36-32(41)42-33(2,3)4/h5-8,10-12,15-17,20,25,27,29H,9,13-14,18-19H2,1-4H3,(H2,34,38)(H,35,39)(H,36,41). The van der Waals surface area contributed by atoms with Gasteiger partial charge in [-0.25, -0.2) is 4.79 Å². The van der Waals surface area contributed by atoms with Crippen LogP contribution in [0.4, 0.5) is 10.5 Å². The fraction of sp³-hybridized carbons (Fsp3) is 0.394. The zero-order chi connectivity index (χ0) is 30.4. The van der Waals surface area contributed by atoms with Gasteiger partial charge in [0.25, 0.3) is 5.91 Å². The van der Waals surface area contributed by atoms with Crippen LogP contribution in [0.3, 0.4) is 0 Å². The van der Waals surface area contributed by atoms with E-state index in [4.69, 9.17) is 10.5 Å². The summed E-state index contributed by atoms with van der Waals surface area (Å²) in [5.74, 6) is -1.43. The van der Waals surface area contributed by atoms with Crippen LogP contribution in [0.1, 0.15) is 70.0 Å². The first kappa shape index (κ1) is 30.6. The maximum atomic E-state index is 14.4. The Balaban J connectivity index is 1.72. The number of carbonyl (C=O) groups excluding carboxylic acids is 4. The average Bonchev–Trinajstić information content (AvgIpc) is 2.89. The number of aryl methyl sites for hydroxylation is 1. The van der Waals surface area contributed by atoms with Crippen LogP contribution in [0.5, 0.6) is 0 Å². The molecule has 1 aliphatic carbocycles. The van der Waals surface area contributed by atoms with Gasteiger partial charge in [0.1, 0.15) is 17.7 Å². The second kappa shape index (κ2) is 13.1. The molecular weight excluding hydrogens is 532 g/mol. The quantitative estimate of drug-likeness (QED) is 0.301. The number of nitrogens with one attached hydrogen (secondary N) is 2. The van der Waals surface area contributed by atoms with Crippen molar-refractivity contribution in [1.82, 2.24) is 10.2 Å². The number of hydrogen-bond acceptors (Lipinski definition) is 5. The number of ether oxygens (including phenoxy) is 1. The fourth-order valence-corrected chi connectivity index (χ4v) is 5.15. The van der Waals surface area contributed by atoms with E-state index in [2.05, 4.69) is 10.6 Å². The molecule has 0 aromatic heterocycles. The van der Waals surface area contributed by atoms with Crippen LogP contribution in [0, 0.1) is 6.92 Å². The molecule has 1 fully saturated rings. The van der Waals surface area contributed by atoms with Crippen LogP contribution in [-0.4, -0.2) is 46.4 Å². The third-order valence-electron chi connectivity index (χ3n) is 7.42. The zero-order valence-electron chi connectivity index (χ0n) is 24.7. The van der Waals surface area contributed by atoms with Gasteiger partial charge in [0, 0.05) is 18.2 Å². The number of anilines is 1. The van der Waals surface area contributed by atoms with Crippen molar-refractivity contribution in [2.75, 3.05) is 5.32 Å². The Kier molecular flexibility index (Phi) is 9.50. The first-order valence-corrected chi connectivity index (χ1v) is 14.4. The predicted octanol–water partition coefficient (Wildman–Crippen LogP) is 5.37. The minimum Gasteiger partial charge on any atom is -0.444 e. The van der Waals surface area contributed by atoms with Crippen molar-refractivity contribution in [3.05, 3.63) is 77.9 Å². The molecule has 9 nitrogen and oxygen atoms in total. The molecule has 9 heteroatoms. The van der Waals surface area contributed by atoms with E-state index in [0.29, 0.717) is 24.1 Å². The molecule has 1 aliphatic rings. The molecule has 2 unspecified atom stereocenters. The van der Waals surface area contributed by atoms with Crippen LogP contribution in [0.25, 0.3) is 10.8 Å². The lowest BCUT2D eigenvalue weighted by atomic mass is 9.87. The molecule has 4 amide bonds. The second-order valence-corrected chi connectivity index (χ2v) is 11.8. The van der Waals surface area contributed by atoms with Gasteiger partial charge in [-0.3, -0.25) is 14.4 Å². The first-order chi connectivity index (χ1) is 19.9. The van der Waals surface area contributed by atoms with Crippen molar-refractivity contribution >= 4 is 40.3 Å². The summed E-state index contributed by atoms with van der Waals surface area (Å²) >= 11 is 0. The molecule has 0 radical (unpaired) electrons. The van der Waals surface area contributed by atoms with Crippen LogP contribution in [-0.2, 0) is 19.1 Å². The van der Waals surface area contributed by atoms with Gasteiger partial charge in [0.15, 0.2) is 0 Å². The Morgan fingerprint density at radius 2 is 1.64 bits per heavy atom. The number of primary amides is 1. The summed E-state index contributed by atoms with van der Waals surface area (Å²) in [6.07, 6.45) is 1.41. The highest BCUT2D eigenvalue weighted by Crippen LogP contribution is 2.36. The number of benzene rings is 3. The van der Waals surface area contributed by atoms with Crippen molar-refractivity contribution in [1.29, 1.82) is 0 Å². The SMILES string of the molecule is Cc1ccccc1C(C(=O)Nc1ccc2ccccc2c1)N(C(=O)C(CCC(N)=O)NC(=O)OC(C)(C)C)C1CCC1. The third kappa shape index (κ3) is 7.66. The highest BCUT2D eigenvalue weighted by atomic mass is 16.6. The lowest BCUT2D eigenvalue weighted by Gasteiger charge is -2.44. The Bertz CT molecular complexity index is 1460. The monoisotopic (exact) mass is 572 g/mol. The number of alkyl carbamates (subject to hydrolysis) is 1. The molecule has 4 N–H and O–H groups in total. The molecule has 0 saturated heterocycles. The average molecular weight is 573 g/mol. The minimum atomic E-state index is -1.12. The van der Waals surface area contributed by atoms with E-state index < -0.39 is 35.6 Å². The third-order valence-corrected chi connectivity index (χ3v) is 7.42. The van der Waals surface area contributed by atoms with Gasteiger partial charge in [-0.1, -0.05) is 54.6 Å². The topological polar surface area (TPSA) is 131 Å². The Morgan fingerprint density at radius 3 is 2.26 bits per heavy atom. The van der Waals surface area contributed by atoms with Gasteiger partial charge < -0.3 is 26.0 Å². The molecular formula is C33H40N4O5. The number of fused-ring (bicyclic) bond motifs is 1. The molecule has 3 aromatic rings.